The highest BCUT2D eigenvalue weighted by Gasteiger charge is 2.27. The van der Waals surface area contributed by atoms with Crippen molar-refractivity contribution in [3.8, 4) is 22.8 Å². The first kappa shape index (κ1) is 16.7. The van der Waals surface area contributed by atoms with Crippen molar-refractivity contribution in [3.63, 3.8) is 0 Å². The number of aryl methyl sites for hydroxylation is 2. The average Bonchev–Trinajstić information content (AvgIpc) is 3.38. The summed E-state index contributed by atoms with van der Waals surface area (Å²) in [7, 11) is 0. The Morgan fingerprint density at radius 1 is 1.32 bits per heavy atom. The molecule has 1 atom stereocenters. The van der Waals surface area contributed by atoms with Crippen LogP contribution in [0.1, 0.15) is 30.0 Å². The largest absolute Gasteiger partial charge is 0.481 e. The zero-order valence-corrected chi connectivity index (χ0v) is 15.3. The van der Waals surface area contributed by atoms with Gasteiger partial charge in [-0.15, -0.1) is 0 Å². The van der Waals surface area contributed by atoms with Crippen LogP contribution >= 0.6 is 0 Å². The van der Waals surface area contributed by atoms with Crippen LogP contribution in [0, 0.1) is 6.92 Å². The van der Waals surface area contributed by atoms with Crippen LogP contribution in [0.15, 0.2) is 47.2 Å². The number of hydrogen-bond acceptors (Lipinski definition) is 5. The number of hydrogen-bond donors (Lipinski definition) is 1. The Kier molecular flexibility index (Phi) is 3.75. The van der Waals surface area contributed by atoms with Gasteiger partial charge in [0.25, 0.3) is 5.89 Å². The van der Waals surface area contributed by atoms with Crippen LogP contribution in [0.25, 0.3) is 33.7 Å². The molecular formula is C21H18N4O3. The fourth-order valence-corrected chi connectivity index (χ4v) is 4.01. The van der Waals surface area contributed by atoms with Crippen molar-refractivity contribution in [2.24, 2.45) is 0 Å². The number of carboxylic acids is 1. The van der Waals surface area contributed by atoms with Crippen molar-refractivity contribution < 1.29 is 14.4 Å². The topological polar surface area (TPSA) is 94.0 Å². The van der Waals surface area contributed by atoms with Gasteiger partial charge in [-0.05, 0) is 49.2 Å². The smallest absolute Gasteiger partial charge is 0.304 e. The zero-order chi connectivity index (χ0) is 19.3. The molecule has 0 fully saturated rings. The summed E-state index contributed by atoms with van der Waals surface area (Å²) in [5.41, 5.74) is 4.91. The third-order valence-corrected chi connectivity index (χ3v) is 5.43. The highest BCUT2D eigenvalue weighted by molar-refractivity contribution is 5.86. The van der Waals surface area contributed by atoms with Crippen molar-refractivity contribution in [2.45, 2.75) is 32.2 Å². The molecule has 7 heteroatoms. The zero-order valence-electron chi connectivity index (χ0n) is 15.3. The van der Waals surface area contributed by atoms with E-state index in [0.717, 1.165) is 46.3 Å². The number of aromatic nitrogens is 4. The first-order chi connectivity index (χ1) is 13.6. The molecule has 5 rings (SSSR count). The molecule has 3 aromatic heterocycles. The second kappa shape index (κ2) is 6.30. The Morgan fingerprint density at radius 2 is 2.21 bits per heavy atom. The van der Waals surface area contributed by atoms with Crippen LogP contribution in [0.4, 0.5) is 0 Å². The molecule has 4 heterocycles. The van der Waals surface area contributed by atoms with Crippen LogP contribution in [0.2, 0.25) is 0 Å². The lowest BCUT2D eigenvalue weighted by molar-refractivity contribution is -0.137. The van der Waals surface area contributed by atoms with Gasteiger partial charge in [-0.3, -0.25) is 9.78 Å². The van der Waals surface area contributed by atoms with Gasteiger partial charge in [0.05, 0.1) is 12.0 Å². The molecule has 0 amide bonds. The van der Waals surface area contributed by atoms with Gasteiger partial charge in [0, 0.05) is 47.0 Å². The quantitative estimate of drug-likeness (QED) is 0.580. The minimum Gasteiger partial charge on any atom is -0.481 e. The maximum atomic E-state index is 11.1. The Hall–Kier alpha value is -3.48. The number of aliphatic carboxylic acids is 1. The fraction of sp³-hybridized carbons (Fsp3) is 0.238. The van der Waals surface area contributed by atoms with Crippen molar-refractivity contribution in [3.05, 3.63) is 54.0 Å². The predicted octanol–water partition coefficient (Wildman–Crippen LogP) is 4.02. The lowest BCUT2D eigenvalue weighted by atomic mass is 10.0. The molecule has 0 spiro atoms. The molecule has 140 valence electrons. The molecule has 1 aliphatic heterocycles. The molecule has 0 aliphatic carbocycles. The summed E-state index contributed by atoms with van der Waals surface area (Å²) in [5.74, 6) is 0.281. The van der Waals surface area contributed by atoms with Crippen molar-refractivity contribution in [2.75, 3.05) is 0 Å². The summed E-state index contributed by atoms with van der Waals surface area (Å²) in [5, 5.41) is 14.3. The van der Waals surface area contributed by atoms with E-state index in [0.29, 0.717) is 11.7 Å². The molecular weight excluding hydrogens is 356 g/mol. The first-order valence-corrected chi connectivity index (χ1v) is 9.20. The van der Waals surface area contributed by atoms with E-state index >= 15 is 0 Å². The Bertz CT molecular complexity index is 1210. The minimum absolute atomic E-state index is 0.0682. The van der Waals surface area contributed by atoms with E-state index in [4.69, 9.17) is 9.63 Å². The van der Waals surface area contributed by atoms with E-state index in [-0.39, 0.29) is 12.3 Å². The number of nitrogens with zero attached hydrogens (tertiary/aromatic N) is 4. The predicted molar refractivity (Wildman–Crippen MR) is 103 cm³/mol. The summed E-state index contributed by atoms with van der Waals surface area (Å²) in [6, 6.07) is 10.0. The van der Waals surface area contributed by atoms with E-state index in [2.05, 4.69) is 25.8 Å². The molecule has 0 saturated heterocycles. The van der Waals surface area contributed by atoms with E-state index in [1.165, 1.54) is 0 Å². The summed E-state index contributed by atoms with van der Waals surface area (Å²) >= 11 is 0. The standard InChI is InChI=1S/C21H18N4O3/c1-12-4-6-22-11-16(12)21-23-20(24-28-21)14-2-3-17-15(8-14)9-18-13(10-19(26)27)5-7-25(17)18/h2-4,6,8-9,11,13H,5,7,10H2,1H3,(H,26,27). The number of carboxylic acid groups (broad SMARTS) is 1. The lowest BCUT2D eigenvalue weighted by Gasteiger charge is -2.04. The fourth-order valence-electron chi connectivity index (χ4n) is 4.01. The van der Waals surface area contributed by atoms with Crippen LogP contribution in [0.5, 0.6) is 0 Å². The Labute approximate surface area is 160 Å². The normalized spacial score (nSPS) is 15.8. The second-order valence-electron chi connectivity index (χ2n) is 7.19. The van der Waals surface area contributed by atoms with Crippen molar-refractivity contribution >= 4 is 16.9 Å². The van der Waals surface area contributed by atoms with E-state index in [1.54, 1.807) is 12.4 Å². The first-order valence-electron chi connectivity index (χ1n) is 9.20. The molecule has 1 aromatic carbocycles. The van der Waals surface area contributed by atoms with Gasteiger partial charge < -0.3 is 14.2 Å². The van der Waals surface area contributed by atoms with E-state index in [9.17, 15) is 4.79 Å². The summed E-state index contributed by atoms with van der Waals surface area (Å²) < 4.78 is 7.66. The Morgan fingerprint density at radius 3 is 3.04 bits per heavy atom. The molecule has 4 aromatic rings. The van der Waals surface area contributed by atoms with E-state index in [1.807, 2.05) is 31.2 Å². The number of rotatable bonds is 4. The average molecular weight is 374 g/mol. The SMILES string of the molecule is Cc1ccncc1-c1nc(-c2ccc3c(c2)cc2n3CCC2CC(=O)O)no1. The summed E-state index contributed by atoms with van der Waals surface area (Å²) in [6.07, 6.45) is 4.49. The Balaban J connectivity index is 1.51. The number of carbonyl (C=O) groups is 1. The van der Waals surface area contributed by atoms with Crippen LogP contribution in [-0.4, -0.2) is 30.8 Å². The number of fused-ring (bicyclic) bond motifs is 3. The van der Waals surface area contributed by atoms with Gasteiger partial charge >= 0.3 is 5.97 Å². The van der Waals surface area contributed by atoms with Crippen LogP contribution in [-0.2, 0) is 11.3 Å². The maximum Gasteiger partial charge on any atom is 0.304 e. The second-order valence-corrected chi connectivity index (χ2v) is 7.19. The monoisotopic (exact) mass is 374 g/mol. The lowest BCUT2D eigenvalue weighted by Crippen LogP contribution is -2.02. The molecule has 1 N–H and O–H groups in total. The van der Waals surface area contributed by atoms with Gasteiger partial charge in [-0.25, -0.2) is 0 Å². The summed E-state index contributed by atoms with van der Waals surface area (Å²) in [6.45, 7) is 2.83. The molecule has 0 saturated carbocycles. The van der Waals surface area contributed by atoms with Crippen molar-refractivity contribution in [1.82, 2.24) is 19.7 Å². The maximum absolute atomic E-state index is 11.1. The molecule has 0 bridgehead atoms. The van der Waals surface area contributed by atoms with Crippen molar-refractivity contribution in [1.29, 1.82) is 0 Å². The molecule has 0 radical (unpaired) electrons. The highest BCUT2D eigenvalue weighted by Crippen LogP contribution is 2.37. The number of benzene rings is 1. The van der Waals surface area contributed by atoms with Gasteiger partial charge in [-0.1, -0.05) is 5.16 Å². The molecule has 28 heavy (non-hydrogen) atoms. The molecule has 1 aliphatic rings. The van der Waals surface area contributed by atoms with Gasteiger partial charge in [0.15, 0.2) is 0 Å². The third kappa shape index (κ3) is 2.67. The number of pyridine rings is 1. The summed E-state index contributed by atoms with van der Waals surface area (Å²) in [4.78, 5) is 19.8. The van der Waals surface area contributed by atoms with E-state index < -0.39 is 5.97 Å². The molecule has 7 nitrogen and oxygen atoms in total. The molecule has 1 unspecified atom stereocenters. The minimum atomic E-state index is -0.755. The van der Waals surface area contributed by atoms with Gasteiger partial charge in [0.1, 0.15) is 0 Å². The highest BCUT2D eigenvalue weighted by atomic mass is 16.5. The van der Waals surface area contributed by atoms with Gasteiger partial charge in [-0.2, -0.15) is 4.98 Å². The third-order valence-electron chi connectivity index (χ3n) is 5.43. The van der Waals surface area contributed by atoms with Crippen LogP contribution < -0.4 is 0 Å². The van der Waals surface area contributed by atoms with Gasteiger partial charge in [0.2, 0.25) is 5.82 Å². The van der Waals surface area contributed by atoms with Crippen LogP contribution in [0.3, 0.4) is 0 Å².